The maximum absolute atomic E-state index is 12.2. The quantitative estimate of drug-likeness (QED) is 0.750. The molecule has 0 radical (unpaired) electrons. The molecule has 5 nitrogen and oxygen atoms in total. The first-order valence-electron chi connectivity index (χ1n) is 7.89. The molecule has 0 aromatic carbocycles. The molecule has 0 N–H and O–H groups in total. The van der Waals surface area contributed by atoms with Crippen LogP contribution in [0.3, 0.4) is 0 Å². The highest BCUT2D eigenvalue weighted by molar-refractivity contribution is 5.76. The van der Waals surface area contributed by atoms with Gasteiger partial charge in [0.1, 0.15) is 0 Å². The third-order valence-corrected chi connectivity index (χ3v) is 4.36. The van der Waals surface area contributed by atoms with E-state index >= 15 is 0 Å². The van der Waals surface area contributed by atoms with Crippen LogP contribution in [0.2, 0.25) is 0 Å². The average Bonchev–Trinajstić information content (AvgIpc) is 2.52. The Kier molecular flexibility index (Phi) is 6.28. The predicted octanol–water partition coefficient (Wildman–Crippen LogP) is 0.920. The molecule has 20 heavy (non-hydrogen) atoms. The maximum atomic E-state index is 12.2. The molecule has 0 unspecified atom stereocenters. The van der Waals surface area contributed by atoms with Crippen molar-refractivity contribution in [2.45, 2.75) is 32.1 Å². The number of nitrogens with zero attached hydrogens (tertiary/aromatic N) is 4. The minimum atomic E-state index is 0.301. The van der Waals surface area contributed by atoms with Crippen molar-refractivity contribution in [1.29, 1.82) is 5.26 Å². The number of nitriles is 1. The smallest absolute Gasteiger partial charge is 0.223 e. The Balaban J connectivity index is 1.63. The highest BCUT2D eigenvalue weighted by atomic mass is 16.2. The molecule has 0 bridgehead atoms. The molecular formula is C15H26N4O. The van der Waals surface area contributed by atoms with Gasteiger partial charge in [0.05, 0.1) is 6.07 Å². The first kappa shape index (κ1) is 15.3. The Bertz CT molecular complexity index is 338. The molecule has 0 aliphatic carbocycles. The van der Waals surface area contributed by atoms with Crippen LogP contribution in [0.25, 0.3) is 0 Å². The molecule has 2 saturated heterocycles. The van der Waals surface area contributed by atoms with Crippen molar-refractivity contribution in [3.63, 3.8) is 0 Å². The standard InChI is InChI=1S/C15H26N4O/c16-6-4-9-18-11-13-19(14-12-18)15(20)5-10-17-7-2-1-3-8-17/h1-5,7-14H2. The molecule has 112 valence electrons. The van der Waals surface area contributed by atoms with Gasteiger partial charge in [0.2, 0.25) is 5.91 Å². The van der Waals surface area contributed by atoms with E-state index in [0.717, 1.165) is 52.4 Å². The topological polar surface area (TPSA) is 50.6 Å². The van der Waals surface area contributed by atoms with Gasteiger partial charge < -0.3 is 9.80 Å². The lowest BCUT2D eigenvalue weighted by atomic mass is 10.1. The van der Waals surface area contributed by atoms with E-state index in [0.29, 0.717) is 18.7 Å². The summed E-state index contributed by atoms with van der Waals surface area (Å²) in [4.78, 5) is 18.9. The summed E-state index contributed by atoms with van der Waals surface area (Å²) in [6.07, 6.45) is 5.16. The highest BCUT2D eigenvalue weighted by Crippen LogP contribution is 2.10. The van der Waals surface area contributed by atoms with E-state index in [1.165, 1.54) is 19.3 Å². The van der Waals surface area contributed by atoms with Crippen LogP contribution in [0.1, 0.15) is 32.1 Å². The van der Waals surface area contributed by atoms with Gasteiger partial charge in [-0.25, -0.2) is 0 Å². The fourth-order valence-corrected chi connectivity index (χ4v) is 3.02. The summed E-state index contributed by atoms with van der Waals surface area (Å²) >= 11 is 0. The molecule has 0 atom stereocenters. The summed E-state index contributed by atoms with van der Waals surface area (Å²) in [5.41, 5.74) is 0. The number of carbonyl (C=O) groups is 1. The van der Waals surface area contributed by atoms with E-state index in [1.807, 2.05) is 4.90 Å². The molecular weight excluding hydrogens is 252 g/mol. The first-order chi connectivity index (χ1) is 9.79. The number of hydrogen-bond acceptors (Lipinski definition) is 4. The Labute approximate surface area is 122 Å². The number of piperidine rings is 1. The van der Waals surface area contributed by atoms with Gasteiger partial charge in [-0.05, 0) is 25.9 Å². The first-order valence-corrected chi connectivity index (χ1v) is 7.89. The minimum absolute atomic E-state index is 0.301. The molecule has 0 aromatic rings. The molecule has 2 rings (SSSR count). The van der Waals surface area contributed by atoms with Gasteiger partial charge in [-0.15, -0.1) is 0 Å². The van der Waals surface area contributed by atoms with Crippen molar-refractivity contribution in [2.24, 2.45) is 0 Å². The molecule has 5 heteroatoms. The zero-order valence-corrected chi connectivity index (χ0v) is 12.4. The van der Waals surface area contributed by atoms with Crippen molar-refractivity contribution in [2.75, 3.05) is 52.4 Å². The third-order valence-electron chi connectivity index (χ3n) is 4.36. The monoisotopic (exact) mass is 278 g/mol. The van der Waals surface area contributed by atoms with Crippen molar-refractivity contribution in [3.8, 4) is 6.07 Å². The Hall–Kier alpha value is -1.12. The Morgan fingerprint density at radius 3 is 2.20 bits per heavy atom. The fraction of sp³-hybridized carbons (Fsp3) is 0.867. The van der Waals surface area contributed by atoms with Crippen molar-refractivity contribution in [3.05, 3.63) is 0 Å². The summed E-state index contributed by atoms with van der Waals surface area (Å²) < 4.78 is 0. The van der Waals surface area contributed by atoms with Gasteiger partial charge >= 0.3 is 0 Å². The highest BCUT2D eigenvalue weighted by Gasteiger charge is 2.21. The normalized spacial score (nSPS) is 21.6. The molecule has 2 heterocycles. The second-order valence-electron chi connectivity index (χ2n) is 5.78. The lowest BCUT2D eigenvalue weighted by Crippen LogP contribution is -2.49. The van der Waals surface area contributed by atoms with Crippen LogP contribution in [0, 0.1) is 11.3 Å². The number of rotatable bonds is 5. The number of hydrogen-bond donors (Lipinski definition) is 0. The van der Waals surface area contributed by atoms with Crippen molar-refractivity contribution in [1.82, 2.24) is 14.7 Å². The van der Waals surface area contributed by atoms with E-state index in [2.05, 4.69) is 15.9 Å². The van der Waals surface area contributed by atoms with Crippen LogP contribution in [0.15, 0.2) is 0 Å². The third kappa shape index (κ3) is 4.77. The lowest BCUT2D eigenvalue weighted by Gasteiger charge is -2.35. The van der Waals surface area contributed by atoms with Crippen LogP contribution in [0.4, 0.5) is 0 Å². The summed E-state index contributed by atoms with van der Waals surface area (Å²) in [5, 5.41) is 8.59. The van der Waals surface area contributed by atoms with E-state index in [-0.39, 0.29) is 0 Å². The van der Waals surface area contributed by atoms with Crippen LogP contribution in [0.5, 0.6) is 0 Å². The van der Waals surface area contributed by atoms with Gasteiger partial charge in [0, 0.05) is 52.1 Å². The molecule has 0 spiro atoms. The number of amides is 1. The Morgan fingerprint density at radius 1 is 0.900 bits per heavy atom. The largest absolute Gasteiger partial charge is 0.340 e. The predicted molar refractivity (Wildman–Crippen MR) is 78.2 cm³/mol. The van der Waals surface area contributed by atoms with E-state index in [1.54, 1.807) is 0 Å². The van der Waals surface area contributed by atoms with E-state index in [9.17, 15) is 4.79 Å². The van der Waals surface area contributed by atoms with Crippen molar-refractivity contribution < 1.29 is 4.79 Å². The molecule has 2 aliphatic rings. The van der Waals surface area contributed by atoms with E-state index < -0.39 is 0 Å². The van der Waals surface area contributed by atoms with Gasteiger partial charge in [0.25, 0.3) is 0 Å². The zero-order chi connectivity index (χ0) is 14.2. The van der Waals surface area contributed by atoms with Crippen LogP contribution >= 0.6 is 0 Å². The summed E-state index contributed by atoms with van der Waals surface area (Å²) in [6, 6.07) is 2.18. The van der Waals surface area contributed by atoms with Gasteiger partial charge in [-0.1, -0.05) is 6.42 Å². The summed E-state index contributed by atoms with van der Waals surface area (Å²) in [7, 11) is 0. The number of piperazine rings is 1. The van der Waals surface area contributed by atoms with E-state index in [4.69, 9.17) is 5.26 Å². The van der Waals surface area contributed by atoms with Crippen molar-refractivity contribution >= 4 is 5.91 Å². The zero-order valence-electron chi connectivity index (χ0n) is 12.4. The summed E-state index contributed by atoms with van der Waals surface area (Å²) in [6.45, 7) is 7.56. The molecule has 2 aliphatic heterocycles. The second kappa shape index (κ2) is 8.23. The lowest BCUT2D eigenvalue weighted by molar-refractivity contribution is -0.133. The molecule has 0 aromatic heterocycles. The van der Waals surface area contributed by atoms with Gasteiger partial charge in [0.15, 0.2) is 0 Å². The minimum Gasteiger partial charge on any atom is -0.340 e. The van der Waals surface area contributed by atoms with Crippen LogP contribution < -0.4 is 0 Å². The number of carbonyl (C=O) groups excluding carboxylic acids is 1. The fourth-order valence-electron chi connectivity index (χ4n) is 3.02. The molecule has 0 saturated carbocycles. The van der Waals surface area contributed by atoms with Crippen LogP contribution in [-0.4, -0.2) is 73.0 Å². The summed E-state index contributed by atoms with van der Waals surface area (Å²) in [5.74, 6) is 0.301. The Morgan fingerprint density at radius 2 is 1.55 bits per heavy atom. The SMILES string of the molecule is N#CCCN1CCN(C(=O)CCN2CCCCC2)CC1. The maximum Gasteiger partial charge on any atom is 0.223 e. The average molecular weight is 278 g/mol. The molecule has 1 amide bonds. The van der Waals surface area contributed by atoms with Gasteiger partial charge in [-0.2, -0.15) is 5.26 Å². The molecule has 2 fully saturated rings. The second-order valence-corrected chi connectivity index (χ2v) is 5.78. The van der Waals surface area contributed by atoms with Crippen LogP contribution in [-0.2, 0) is 4.79 Å². The number of likely N-dealkylation sites (tertiary alicyclic amines) is 1. The van der Waals surface area contributed by atoms with Gasteiger partial charge in [-0.3, -0.25) is 9.69 Å².